The van der Waals surface area contributed by atoms with E-state index >= 15 is 0 Å². The van der Waals surface area contributed by atoms with Crippen LogP contribution in [0.4, 0.5) is 5.69 Å². The lowest BCUT2D eigenvalue weighted by atomic mass is 10.1. The molecule has 1 saturated heterocycles. The quantitative estimate of drug-likeness (QED) is 0.477. The lowest BCUT2D eigenvalue weighted by molar-refractivity contribution is -0.113. The molecule has 0 N–H and O–H groups in total. The Morgan fingerprint density at radius 3 is 2.22 bits per heavy atom. The smallest absolute Gasteiger partial charge is 0.270 e. The molecule has 1 amide bonds. The number of nitrogens with zero attached hydrogens (tertiary/aromatic N) is 1. The first-order chi connectivity index (χ1) is 11.1. The third kappa shape index (κ3) is 3.25. The van der Waals surface area contributed by atoms with Crippen LogP contribution >= 0.6 is 24.0 Å². The number of thioether (sulfide) groups is 1. The average molecular weight is 339 g/mol. The molecule has 114 valence electrons. The fourth-order valence-corrected chi connectivity index (χ4v) is 3.51. The molecular weight excluding hydrogens is 326 g/mol. The van der Waals surface area contributed by atoms with E-state index in [-0.39, 0.29) is 5.91 Å². The van der Waals surface area contributed by atoms with Crippen molar-refractivity contribution in [3.05, 3.63) is 70.1 Å². The molecule has 0 spiro atoms. The van der Waals surface area contributed by atoms with Crippen molar-refractivity contribution in [1.29, 1.82) is 0 Å². The Kier molecular flexibility index (Phi) is 4.41. The molecule has 0 aliphatic carbocycles. The molecule has 0 radical (unpaired) electrons. The first-order valence-corrected chi connectivity index (χ1v) is 8.21. The van der Waals surface area contributed by atoms with Crippen molar-refractivity contribution in [3.63, 3.8) is 0 Å². The number of thiocarbonyl (C=S) groups is 1. The van der Waals surface area contributed by atoms with Crippen LogP contribution in [0.15, 0.2) is 53.4 Å². The maximum atomic E-state index is 12.6. The van der Waals surface area contributed by atoms with Gasteiger partial charge in [0.05, 0.1) is 10.6 Å². The molecule has 0 saturated carbocycles. The molecule has 0 bridgehead atoms. The van der Waals surface area contributed by atoms with Gasteiger partial charge in [0.2, 0.25) is 0 Å². The van der Waals surface area contributed by atoms with Gasteiger partial charge in [-0.2, -0.15) is 0 Å². The van der Waals surface area contributed by atoms with Crippen LogP contribution in [0.5, 0.6) is 0 Å². The largest absolute Gasteiger partial charge is 0.298 e. The second-order valence-corrected chi connectivity index (χ2v) is 6.81. The normalized spacial score (nSPS) is 16.2. The minimum absolute atomic E-state index is 0.122. The number of benzene rings is 2. The molecular formula is C18H13NO2S2. The lowest BCUT2D eigenvalue weighted by Crippen LogP contribution is -2.27. The number of amides is 1. The van der Waals surface area contributed by atoms with Gasteiger partial charge in [0.15, 0.2) is 4.32 Å². The standard InChI is InChI=1S/C18H13NO2S2/c1-12-2-8-15(9-3-12)19-17(21)16(23-18(19)22)10-13-4-6-14(11-20)7-5-13/h2-11H,1H3/b16-10-. The number of hydrogen-bond acceptors (Lipinski definition) is 4. The molecule has 1 aliphatic rings. The third-order valence-corrected chi connectivity index (χ3v) is 4.76. The number of aryl methyl sites for hydroxylation is 1. The molecule has 1 aliphatic heterocycles. The highest BCUT2D eigenvalue weighted by Crippen LogP contribution is 2.36. The molecule has 5 heteroatoms. The summed E-state index contributed by atoms with van der Waals surface area (Å²) < 4.78 is 0.523. The van der Waals surface area contributed by atoms with Crippen molar-refractivity contribution in [3.8, 4) is 0 Å². The van der Waals surface area contributed by atoms with Crippen molar-refractivity contribution in [1.82, 2.24) is 0 Å². The van der Waals surface area contributed by atoms with Crippen LogP contribution in [0, 0.1) is 6.92 Å². The maximum absolute atomic E-state index is 12.6. The van der Waals surface area contributed by atoms with Gasteiger partial charge in [-0.3, -0.25) is 14.5 Å². The molecule has 1 fully saturated rings. The van der Waals surface area contributed by atoms with Crippen molar-refractivity contribution < 1.29 is 9.59 Å². The van der Waals surface area contributed by atoms with E-state index in [1.807, 2.05) is 43.3 Å². The summed E-state index contributed by atoms with van der Waals surface area (Å²) in [5.41, 5.74) is 3.37. The summed E-state index contributed by atoms with van der Waals surface area (Å²) in [7, 11) is 0. The minimum atomic E-state index is -0.122. The van der Waals surface area contributed by atoms with Gasteiger partial charge in [-0.25, -0.2) is 0 Å². The Bertz CT molecular complexity index is 808. The lowest BCUT2D eigenvalue weighted by Gasteiger charge is -2.14. The predicted octanol–water partition coefficient (Wildman–Crippen LogP) is 4.21. The van der Waals surface area contributed by atoms with E-state index in [0.717, 1.165) is 23.1 Å². The second-order valence-electron chi connectivity index (χ2n) is 5.14. The monoisotopic (exact) mass is 339 g/mol. The van der Waals surface area contributed by atoms with E-state index in [9.17, 15) is 9.59 Å². The summed E-state index contributed by atoms with van der Waals surface area (Å²) in [6.07, 6.45) is 2.59. The van der Waals surface area contributed by atoms with Gasteiger partial charge >= 0.3 is 0 Å². The van der Waals surface area contributed by atoms with E-state index in [0.29, 0.717) is 14.8 Å². The van der Waals surface area contributed by atoms with Crippen LogP contribution in [0.2, 0.25) is 0 Å². The van der Waals surface area contributed by atoms with E-state index in [1.54, 1.807) is 23.1 Å². The topological polar surface area (TPSA) is 37.4 Å². The molecule has 23 heavy (non-hydrogen) atoms. The average Bonchev–Trinajstić information content (AvgIpc) is 2.83. The van der Waals surface area contributed by atoms with Crippen LogP contribution in [0.3, 0.4) is 0 Å². The van der Waals surface area contributed by atoms with Crippen LogP contribution < -0.4 is 4.90 Å². The number of aldehydes is 1. The Morgan fingerprint density at radius 1 is 1.00 bits per heavy atom. The number of anilines is 1. The highest BCUT2D eigenvalue weighted by atomic mass is 32.2. The Morgan fingerprint density at radius 2 is 1.61 bits per heavy atom. The number of carbonyl (C=O) groups is 2. The van der Waals surface area contributed by atoms with E-state index in [1.165, 1.54) is 11.8 Å². The fourth-order valence-electron chi connectivity index (χ4n) is 2.21. The summed E-state index contributed by atoms with van der Waals surface area (Å²) in [5.74, 6) is -0.122. The van der Waals surface area contributed by atoms with Gasteiger partial charge in [0.25, 0.3) is 5.91 Å². The molecule has 2 aromatic carbocycles. The first-order valence-electron chi connectivity index (χ1n) is 6.98. The van der Waals surface area contributed by atoms with Crippen LogP contribution in [0.25, 0.3) is 6.08 Å². The van der Waals surface area contributed by atoms with Gasteiger partial charge in [-0.1, -0.05) is 65.9 Å². The molecule has 2 aromatic rings. The molecule has 0 atom stereocenters. The summed E-state index contributed by atoms with van der Waals surface area (Å²) in [6.45, 7) is 2.00. The van der Waals surface area contributed by atoms with Crippen molar-refractivity contribution in [2.75, 3.05) is 4.90 Å². The number of carbonyl (C=O) groups excluding carboxylic acids is 2. The highest BCUT2D eigenvalue weighted by Gasteiger charge is 2.33. The summed E-state index contributed by atoms with van der Waals surface area (Å²) in [6, 6.07) is 14.7. The number of rotatable bonds is 3. The van der Waals surface area contributed by atoms with Crippen LogP contribution in [-0.2, 0) is 4.79 Å². The SMILES string of the molecule is Cc1ccc(N2C(=O)/C(=C/c3ccc(C=O)cc3)SC2=S)cc1. The molecule has 0 aromatic heterocycles. The molecule has 0 unspecified atom stereocenters. The van der Waals surface area contributed by atoms with Gasteiger partial charge in [0.1, 0.15) is 6.29 Å². The maximum Gasteiger partial charge on any atom is 0.270 e. The van der Waals surface area contributed by atoms with Crippen LogP contribution in [-0.4, -0.2) is 16.5 Å². The minimum Gasteiger partial charge on any atom is -0.298 e. The van der Waals surface area contributed by atoms with E-state index in [2.05, 4.69) is 0 Å². The predicted molar refractivity (Wildman–Crippen MR) is 98.7 cm³/mol. The van der Waals surface area contributed by atoms with Gasteiger partial charge in [0, 0.05) is 5.56 Å². The van der Waals surface area contributed by atoms with E-state index in [4.69, 9.17) is 12.2 Å². The Labute approximate surface area is 144 Å². The van der Waals surface area contributed by atoms with Crippen molar-refractivity contribution >= 4 is 52.3 Å². The zero-order valence-electron chi connectivity index (χ0n) is 12.4. The molecule has 3 rings (SSSR count). The molecule has 1 heterocycles. The van der Waals surface area contributed by atoms with Crippen molar-refractivity contribution in [2.45, 2.75) is 6.92 Å². The fraction of sp³-hybridized carbons (Fsp3) is 0.0556. The van der Waals surface area contributed by atoms with Crippen LogP contribution in [0.1, 0.15) is 21.5 Å². The second kappa shape index (κ2) is 6.48. The van der Waals surface area contributed by atoms with Gasteiger partial charge in [-0.05, 0) is 30.7 Å². The molecule has 3 nitrogen and oxygen atoms in total. The third-order valence-electron chi connectivity index (χ3n) is 3.46. The summed E-state index contributed by atoms with van der Waals surface area (Å²) >= 11 is 6.63. The van der Waals surface area contributed by atoms with Gasteiger partial charge < -0.3 is 0 Å². The highest BCUT2D eigenvalue weighted by molar-refractivity contribution is 8.27. The first kappa shape index (κ1) is 15.6. The van der Waals surface area contributed by atoms with Gasteiger partial charge in [-0.15, -0.1) is 0 Å². The summed E-state index contributed by atoms with van der Waals surface area (Å²) in [5, 5.41) is 0. The van der Waals surface area contributed by atoms with E-state index < -0.39 is 0 Å². The Hall–Kier alpha value is -2.24. The number of hydrogen-bond donors (Lipinski definition) is 0. The summed E-state index contributed by atoms with van der Waals surface area (Å²) in [4.78, 5) is 25.4. The zero-order chi connectivity index (χ0) is 16.4. The van der Waals surface area contributed by atoms with Crippen molar-refractivity contribution in [2.24, 2.45) is 0 Å². The zero-order valence-corrected chi connectivity index (χ0v) is 14.0. The Balaban J connectivity index is 1.89.